The average Bonchev–Trinajstić information content (AvgIpc) is 3.03. The summed E-state index contributed by atoms with van der Waals surface area (Å²) in [7, 11) is 0. The van der Waals surface area contributed by atoms with Crippen LogP contribution < -0.4 is 10.1 Å². The van der Waals surface area contributed by atoms with E-state index < -0.39 is 6.10 Å². The number of nitrogens with one attached hydrogen (secondary N) is 1. The van der Waals surface area contributed by atoms with E-state index in [4.69, 9.17) is 16.3 Å². The number of likely N-dealkylation sites (tertiary alicyclic amines) is 1. The van der Waals surface area contributed by atoms with Crippen LogP contribution in [0.5, 0.6) is 5.75 Å². The fourth-order valence-electron chi connectivity index (χ4n) is 4.66. The largest absolute Gasteiger partial charge is 0.488 e. The number of amides is 1. The van der Waals surface area contributed by atoms with E-state index in [9.17, 15) is 9.90 Å². The van der Waals surface area contributed by atoms with E-state index >= 15 is 0 Å². The van der Waals surface area contributed by atoms with Crippen molar-refractivity contribution in [3.05, 3.63) is 29.3 Å². The highest BCUT2D eigenvalue weighted by Crippen LogP contribution is 2.38. The molecular weight excluding hydrogens is 366 g/mol. The van der Waals surface area contributed by atoms with Gasteiger partial charge in [-0.3, -0.25) is 9.69 Å². The van der Waals surface area contributed by atoms with Gasteiger partial charge in [0.15, 0.2) is 0 Å². The summed E-state index contributed by atoms with van der Waals surface area (Å²) in [6.45, 7) is 5.65. The van der Waals surface area contributed by atoms with Crippen molar-refractivity contribution in [3.8, 4) is 5.75 Å². The number of halogens is 1. The molecule has 2 N–H and O–H groups in total. The van der Waals surface area contributed by atoms with Gasteiger partial charge in [-0.1, -0.05) is 17.7 Å². The number of hydrogen-bond acceptors (Lipinski definition) is 5. The Hall–Kier alpha value is -1.34. The Morgan fingerprint density at radius 3 is 2.70 bits per heavy atom. The van der Waals surface area contributed by atoms with Gasteiger partial charge in [0.05, 0.1) is 12.6 Å². The number of carbonyl (C=O) groups is 1. The lowest BCUT2D eigenvalue weighted by Gasteiger charge is -2.35. The van der Waals surface area contributed by atoms with Gasteiger partial charge in [0.2, 0.25) is 5.91 Å². The molecule has 4 rings (SSSR count). The minimum atomic E-state index is -0.478. The molecule has 3 fully saturated rings. The fraction of sp³-hybridized carbons (Fsp3) is 0.650. The summed E-state index contributed by atoms with van der Waals surface area (Å²) in [5, 5.41) is 14.5. The summed E-state index contributed by atoms with van der Waals surface area (Å²) < 4.78 is 6.03. The molecule has 3 aliphatic rings. The second-order valence-corrected chi connectivity index (χ2v) is 8.43. The first kappa shape index (κ1) is 19.0. The minimum Gasteiger partial charge on any atom is -0.488 e. The summed E-state index contributed by atoms with van der Waals surface area (Å²) in [6, 6.07) is 7.33. The minimum absolute atomic E-state index is 0.214. The predicted octanol–water partition coefficient (Wildman–Crippen LogP) is 1.22. The highest BCUT2D eigenvalue weighted by atomic mass is 35.5. The fourth-order valence-corrected chi connectivity index (χ4v) is 4.84. The molecule has 1 amide bonds. The molecule has 1 aromatic carbocycles. The first-order chi connectivity index (χ1) is 13.1. The van der Waals surface area contributed by atoms with E-state index in [2.05, 4.69) is 10.2 Å². The van der Waals surface area contributed by atoms with Gasteiger partial charge in [-0.05, 0) is 42.9 Å². The molecule has 6 nitrogen and oxygen atoms in total. The monoisotopic (exact) mass is 393 g/mol. The van der Waals surface area contributed by atoms with Gasteiger partial charge in [-0.2, -0.15) is 0 Å². The molecule has 0 radical (unpaired) electrons. The number of ether oxygens (including phenoxy) is 1. The van der Waals surface area contributed by atoms with Crippen LogP contribution in [0.4, 0.5) is 0 Å². The lowest BCUT2D eigenvalue weighted by atomic mass is 9.78. The smallest absolute Gasteiger partial charge is 0.236 e. The molecular formula is C20H28ClN3O3. The quantitative estimate of drug-likeness (QED) is 0.805. The highest BCUT2D eigenvalue weighted by Gasteiger charge is 2.43. The molecule has 1 saturated carbocycles. The van der Waals surface area contributed by atoms with Crippen molar-refractivity contribution in [3.63, 3.8) is 0 Å². The van der Waals surface area contributed by atoms with Crippen LogP contribution in [0, 0.1) is 11.8 Å². The molecule has 2 heterocycles. The Kier molecular flexibility index (Phi) is 5.88. The van der Waals surface area contributed by atoms with Crippen molar-refractivity contribution >= 4 is 17.5 Å². The van der Waals surface area contributed by atoms with E-state index in [1.165, 1.54) is 0 Å². The SMILES string of the molecule is O=C(CN1C[C@H]2C[C@@H](Oc3cccc(Cl)c3)[C@H](O)C[C@H]2C1)N1CCNCC1. The van der Waals surface area contributed by atoms with E-state index in [0.29, 0.717) is 29.2 Å². The molecule has 1 aromatic rings. The lowest BCUT2D eigenvalue weighted by Crippen LogP contribution is -2.49. The summed E-state index contributed by atoms with van der Waals surface area (Å²) in [5.74, 6) is 1.83. The molecule has 0 aromatic heterocycles. The normalized spacial score (nSPS) is 31.6. The zero-order valence-electron chi connectivity index (χ0n) is 15.5. The number of piperazine rings is 1. The van der Waals surface area contributed by atoms with Crippen molar-refractivity contribution in [2.75, 3.05) is 45.8 Å². The highest BCUT2D eigenvalue weighted by molar-refractivity contribution is 6.30. The number of fused-ring (bicyclic) bond motifs is 1. The van der Waals surface area contributed by atoms with Gasteiger partial charge in [0.1, 0.15) is 11.9 Å². The Bertz CT molecular complexity index is 668. The van der Waals surface area contributed by atoms with Crippen LogP contribution in [-0.4, -0.2) is 78.8 Å². The zero-order chi connectivity index (χ0) is 18.8. The Morgan fingerprint density at radius 1 is 1.22 bits per heavy atom. The van der Waals surface area contributed by atoms with Gasteiger partial charge >= 0.3 is 0 Å². The lowest BCUT2D eigenvalue weighted by molar-refractivity contribution is -0.132. The first-order valence-corrected chi connectivity index (χ1v) is 10.3. The Balaban J connectivity index is 1.32. The van der Waals surface area contributed by atoms with Crippen LogP contribution >= 0.6 is 11.6 Å². The molecule has 4 atom stereocenters. The number of nitrogens with zero attached hydrogens (tertiary/aromatic N) is 2. The second-order valence-electron chi connectivity index (χ2n) is 8.00. The molecule has 0 unspecified atom stereocenters. The van der Waals surface area contributed by atoms with Gasteiger partial charge in [0.25, 0.3) is 0 Å². The number of rotatable bonds is 4. The van der Waals surface area contributed by atoms with Crippen LogP contribution in [-0.2, 0) is 4.79 Å². The third kappa shape index (κ3) is 4.57. The molecule has 1 aliphatic carbocycles. The van der Waals surface area contributed by atoms with Crippen LogP contribution in [0.2, 0.25) is 5.02 Å². The topological polar surface area (TPSA) is 65.0 Å². The van der Waals surface area contributed by atoms with Gasteiger partial charge in [0, 0.05) is 44.3 Å². The molecule has 0 spiro atoms. The summed E-state index contributed by atoms with van der Waals surface area (Å²) >= 11 is 6.03. The zero-order valence-corrected chi connectivity index (χ0v) is 16.3. The molecule has 2 saturated heterocycles. The predicted molar refractivity (Wildman–Crippen MR) is 104 cm³/mol. The number of aliphatic hydroxyl groups excluding tert-OH is 1. The molecule has 7 heteroatoms. The maximum Gasteiger partial charge on any atom is 0.236 e. The standard InChI is InChI=1S/C20H28ClN3O3/c21-16-2-1-3-17(10-16)27-19-9-15-12-23(11-14(15)8-18(19)25)13-20(26)24-6-4-22-5-7-24/h1-3,10,14-15,18-19,22,25H,4-9,11-13H2/t14-,15+,18+,19+/m0/s1. The van der Waals surface area contributed by atoms with Gasteiger partial charge in [-0.25, -0.2) is 0 Å². The number of benzene rings is 1. The van der Waals surface area contributed by atoms with Crippen LogP contribution in [0.1, 0.15) is 12.8 Å². The van der Waals surface area contributed by atoms with Crippen molar-refractivity contribution in [1.29, 1.82) is 0 Å². The number of carbonyl (C=O) groups excluding carboxylic acids is 1. The second kappa shape index (κ2) is 8.35. The first-order valence-electron chi connectivity index (χ1n) is 9.89. The Labute approximate surface area is 165 Å². The van der Waals surface area contributed by atoms with Gasteiger partial charge < -0.3 is 20.1 Å². The maximum absolute atomic E-state index is 12.5. The van der Waals surface area contributed by atoms with Crippen molar-refractivity contribution in [2.45, 2.75) is 25.0 Å². The molecule has 27 heavy (non-hydrogen) atoms. The van der Waals surface area contributed by atoms with Crippen molar-refractivity contribution in [1.82, 2.24) is 15.1 Å². The van der Waals surface area contributed by atoms with Crippen molar-refractivity contribution < 1.29 is 14.6 Å². The van der Waals surface area contributed by atoms with E-state index in [1.54, 1.807) is 6.07 Å². The van der Waals surface area contributed by atoms with Gasteiger partial charge in [-0.15, -0.1) is 0 Å². The molecule has 0 bridgehead atoms. The average molecular weight is 394 g/mol. The van der Waals surface area contributed by atoms with Crippen LogP contribution in [0.3, 0.4) is 0 Å². The number of aliphatic hydroxyl groups is 1. The summed E-state index contributed by atoms with van der Waals surface area (Å²) in [4.78, 5) is 16.7. The third-order valence-corrected chi connectivity index (χ3v) is 6.31. The number of hydrogen-bond donors (Lipinski definition) is 2. The van der Waals surface area contributed by atoms with Crippen LogP contribution in [0.25, 0.3) is 0 Å². The van der Waals surface area contributed by atoms with E-state index in [-0.39, 0.29) is 12.0 Å². The van der Waals surface area contributed by atoms with E-state index in [1.807, 2.05) is 23.1 Å². The third-order valence-electron chi connectivity index (χ3n) is 6.07. The van der Waals surface area contributed by atoms with Crippen LogP contribution in [0.15, 0.2) is 24.3 Å². The summed E-state index contributed by atoms with van der Waals surface area (Å²) in [5.41, 5.74) is 0. The molecule has 148 valence electrons. The Morgan fingerprint density at radius 2 is 1.96 bits per heavy atom. The maximum atomic E-state index is 12.5. The summed E-state index contributed by atoms with van der Waals surface area (Å²) in [6.07, 6.45) is 0.854. The van der Waals surface area contributed by atoms with Crippen molar-refractivity contribution in [2.24, 2.45) is 11.8 Å². The van der Waals surface area contributed by atoms with E-state index in [0.717, 1.165) is 52.1 Å². The molecule has 2 aliphatic heterocycles.